The Morgan fingerprint density at radius 3 is 2.52 bits per heavy atom. The smallest absolute Gasteiger partial charge is 0.193 e. The lowest BCUT2D eigenvalue weighted by Gasteiger charge is -2.21. The van der Waals surface area contributed by atoms with Crippen LogP contribution in [-0.4, -0.2) is 57.5 Å². The van der Waals surface area contributed by atoms with Crippen LogP contribution in [0.2, 0.25) is 0 Å². The van der Waals surface area contributed by atoms with Crippen molar-refractivity contribution in [2.45, 2.75) is 29.6 Å². The molecule has 0 aliphatic carbocycles. The minimum atomic E-state index is -3.15. The molecule has 0 aromatic heterocycles. The number of aliphatic imine (C=N–C) groups is 1. The maximum Gasteiger partial charge on any atom is 0.193 e. The Morgan fingerprint density at radius 2 is 1.87 bits per heavy atom. The molecule has 3 rings (SSSR count). The van der Waals surface area contributed by atoms with E-state index < -0.39 is 9.84 Å². The number of rotatable bonds is 8. The lowest BCUT2D eigenvalue weighted by Crippen LogP contribution is -2.40. The summed E-state index contributed by atoms with van der Waals surface area (Å²) >= 11 is 1.93. The second kappa shape index (κ2) is 12.7. The number of nitrogens with one attached hydrogen (secondary N) is 1. The minimum Gasteiger partial charge on any atom is -0.357 e. The number of thioether (sulfide) groups is 1. The molecule has 1 atom stereocenters. The van der Waals surface area contributed by atoms with Crippen molar-refractivity contribution in [2.75, 3.05) is 38.2 Å². The first-order valence-electron chi connectivity index (χ1n) is 10.5. The fourth-order valence-corrected chi connectivity index (χ4v) is 5.19. The number of likely N-dealkylation sites (tertiary alicyclic amines) is 1. The Morgan fingerprint density at radius 1 is 1.16 bits per heavy atom. The SMILES string of the molecule is CCNC(=NCCc1ccc(S(C)(=O)=O)cc1)N1CCC(CSc2ccccc2)C1.I. The summed E-state index contributed by atoms with van der Waals surface area (Å²) in [4.78, 5) is 8.88. The van der Waals surface area contributed by atoms with E-state index in [9.17, 15) is 8.42 Å². The molecule has 170 valence electrons. The third kappa shape index (κ3) is 8.31. The van der Waals surface area contributed by atoms with Crippen LogP contribution in [0.4, 0.5) is 0 Å². The summed E-state index contributed by atoms with van der Waals surface area (Å²) in [6.45, 7) is 5.70. The van der Waals surface area contributed by atoms with E-state index in [4.69, 9.17) is 4.99 Å². The molecule has 0 saturated carbocycles. The second-order valence-electron chi connectivity index (χ2n) is 7.63. The van der Waals surface area contributed by atoms with Gasteiger partial charge in [0.1, 0.15) is 0 Å². The van der Waals surface area contributed by atoms with Gasteiger partial charge in [0, 0.05) is 43.1 Å². The van der Waals surface area contributed by atoms with E-state index in [1.807, 2.05) is 23.9 Å². The van der Waals surface area contributed by atoms with E-state index in [1.165, 1.54) is 17.6 Å². The third-order valence-electron chi connectivity index (χ3n) is 5.16. The lowest BCUT2D eigenvalue weighted by atomic mass is 10.1. The van der Waals surface area contributed by atoms with Gasteiger partial charge in [-0.2, -0.15) is 0 Å². The third-order valence-corrected chi connectivity index (χ3v) is 7.53. The van der Waals surface area contributed by atoms with E-state index in [-0.39, 0.29) is 24.0 Å². The Labute approximate surface area is 208 Å². The van der Waals surface area contributed by atoms with Crippen LogP contribution in [0.5, 0.6) is 0 Å². The molecule has 1 N–H and O–H groups in total. The van der Waals surface area contributed by atoms with E-state index in [2.05, 4.69) is 47.5 Å². The highest BCUT2D eigenvalue weighted by molar-refractivity contribution is 14.0. The monoisotopic (exact) mass is 573 g/mol. The Hall–Kier alpha value is -1.26. The molecule has 1 saturated heterocycles. The van der Waals surface area contributed by atoms with Crippen LogP contribution in [-0.2, 0) is 16.3 Å². The maximum atomic E-state index is 11.6. The molecule has 2 aromatic rings. The van der Waals surface area contributed by atoms with Crippen molar-refractivity contribution in [1.82, 2.24) is 10.2 Å². The molecule has 1 aliphatic rings. The summed E-state index contributed by atoms with van der Waals surface area (Å²) in [6.07, 6.45) is 3.22. The largest absolute Gasteiger partial charge is 0.357 e. The fraction of sp³-hybridized carbons (Fsp3) is 0.435. The molecule has 0 bridgehead atoms. The molecule has 1 unspecified atom stereocenters. The van der Waals surface area contributed by atoms with E-state index in [0.717, 1.165) is 43.3 Å². The van der Waals surface area contributed by atoms with Crippen LogP contribution in [0.3, 0.4) is 0 Å². The van der Waals surface area contributed by atoms with Gasteiger partial charge >= 0.3 is 0 Å². The molecule has 1 fully saturated rings. The predicted octanol–water partition coefficient (Wildman–Crippen LogP) is 4.33. The van der Waals surface area contributed by atoms with Gasteiger partial charge in [-0.15, -0.1) is 35.7 Å². The van der Waals surface area contributed by atoms with Crippen molar-refractivity contribution in [3.8, 4) is 0 Å². The first kappa shape index (κ1) is 26.0. The molecule has 1 heterocycles. The summed E-state index contributed by atoms with van der Waals surface area (Å²) in [5, 5.41) is 3.42. The summed E-state index contributed by atoms with van der Waals surface area (Å²) in [5.74, 6) is 2.78. The minimum absolute atomic E-state index is 0. The van der Waals surface area contributed by atoms with Gasteiger partial charge < -0.3 is 10.2 Å². The van der Waals surface area contributed by atoms with Gasteiger partial charge in [0.15, 0.2) is 15.8 Å². The van der Waals surface area contributed by atoms with E-state index in [1.54, 1.807) is 12.1 Å². The molecule has 0 radical (unpaired) electrons. The normalized spacial score (nSPS) is 16.8. The zero-order valence-electron chi connectivity index (χ0n) is 18.2. The van der Waals surface area contributed by atoms with Crippen LogP contribution >= 0.6 is 35.7 Å². The van der Waals surface area contributed by atoms with Crippen molar-refractivity contribution < 1.29 is 8.42 Å². The summed E-state index contributed by atoms with van der Waals surface area (Å²) in [5.41, 5.74) is 1.10. The van der Waals surface area contributed by atoms with E-state index in [0.29, 0.717) is 17.4 Å². The van der Waals surface area contributed by atoms with Gasteiger partial charge in [-0.25, -0.2) is 8.42 Å². The van der Waals surface area contributed by atoms with Crippen LogP contribution in [0.25, 0.3) is 0 Å². The summed E-state index contributed by atoms with van der Waals surface area (Å²) in [6, 6.07) is 17.7. The molecule has 0 spiro atoms. The first-order valence-corrected chi connectivity index (χ1v) is 13.3. The Bertz CT molecular complexity index is 935. The quantitative estimate of drug-likeness (QED) is 0.221. The molecule has 1 aliphatic heterocycles. The highest BCUT2D eigenvalue weighted by atomic mass is 127. The van der Waals surface area contributed by atoms with Gasteiger partial charge in [0.05, 0.1) is 4.90 Å². The first-order chi connectivity index (χ1) is 14.5. The maximum absolute atomic E-state index is 11.6. The van der Waals surface area contributed by atoms with Gasteiger partial charge in [0.2, 0.25) is 0 Å². The van der Waals surface area contributed by atoms with Crippen LogP contribution in [0, 0.1) is 5.92 Å². The second-order valence-corrected chi connectivity index (χ2v) is 10.7. The van der Waals surface area contributed by atoms with Crippen molar-refractivity contribution in [1.29, 1.82) is 0 Å². The van der Waals surface area contributed by atoms with Gasteiger partial charge in [-0.1, -0.05) is 30.3 Å². The standard InChI is InChI=1S/C23H31N3O2S2.HI/c1-3-24-23(25-15-13-19-9-11-22(12-10-19)30(2,27)28)26-16-14-20(17-26)18-29-21-7-5-4-6-8-21;/h4-12,20H,3,13-18H2,1-2H3,(H,24,25);1H. The topological polar surface area (TPSA) is 61.8 Å². The number of guanidine groups is 1. The number of nitrogens with zero attached hydrogens (tertiary/aromatic N) is 2. The lowest BCUT2D eigenvalue weighted by molar-refractivity contribution is 0.474. The van der Waals surface area contributed by atoms with Crippen molar-refractivity contribution in [3.05, 3.63) is 60.2 Å². The number of hydrogen-bond acceptors (Lipinski definition) is 4. The molecular weight excluding hydrogens is 541 g/mol. The highest BCUT2D eigenvalue weighted by Crippen LogP contribution is 2.25. The molecule has 31 heavy (non-hydrogen) atoms. The molecule has 2 aromatic carbocycles. The highest BCUT2D eigenvalue weighted by Gasteiger charge is 2.24. The Balaban J connectivity index is 0.00000341. The van der Waals surface area contributed by atoms with Gasteiger partial charge in [-0.05, 0) is 55.5 Å². The van der Waals surface area contributed by atoms with Crippen LogP contribution in [0.1, 0.15) is 18.9 Å². The van der Waals surface area contributed by atoms with Crippen molar-refractivity contribution in [3.63, 3.8) is 0 Å². The molecule has 0 amide bonds. The number of sulfone groups is 1. The summed E-state index contributed by atoms with van der Waals surface area (Å²) in [7, 11) is -3.15. The fourth-order valence-electron chi connectivity index (χ4n) is 3.51. The van der Waals surface area contributed by atoms with Gasteiger partial charge in [-0.3, -0.25) is 4.99 Å². The zero-order valence-corrected chi connectivity index (χ0v) is 22.1. The Kier molecular flexibility index (Phi) is 10.6. The average molecular weight is 574 g/mol. The molecule has 8 heteroatoms. The molecule has 5 nitrogen and oxygen atoms in total. The van der Waals surface area contributed by atoms with Crippen molar-refractivity contribution in [2.24, 2.45) is 10.9 Å². The zero-order chi connectivity index (χ0) is 21.4. The van der Waals surface area contributed by atoms with E-state index >= 15 is 0 Å². The predicted molar refractivity (Wildman–Crippen MR) is 141 cm³/mol. The average Bonchev–Trinajstić information content (AvgIpc) is 3.21. The number of benzene rings is 2. The summed E-state index contributed by atoms with van der Waals surface area (Å²) < 4.78 is 23.2. The number of halogens is 1. The van der Waals surface area contributed by atoms with Crippen molar-refractivity contribution >= 4 is 51.5 Å². The van der Waals surface area contributed by atoms with Gasteiger partial charge in [0.25, 0.3) is 0 Å². The van der Waals surface area contributed by atoms with Crippen LogP contribution < -0.4 is 5.32 Å². The van der Waals surface area contributed by atoms with Crippen LogP contribution in [0.15, 0.2) is 69.4 Å². The molecular formula is C23H32IN3O2S2. The number of hydrogen-bond donors (Lipinski definition) is 1.